The first-order valence-corrected chi connectivity index (χ1v) is 9.87. The van der Waals surface area contributed by atoms with Crippen LogP contribution in [0.5, 0.6) is 0 Å². The number of nitrogens with zero attached hydrogens (tertiary/aromatic N) is 4. The normalized spacial score (nSPS) is 15.8. The predicted molar refractivity (Wildman–Crippen MR) is 109 cm³/mol. The van der Waals surface area contributed by atoms with Crippen molar-refractivity contribution >= 4 is 11.6 Å². The molecule has 6 heteroatoms. The summed E-state index contributed by atoms with van der Waals surface area (Å²) in [6.07, 6.45) is 4.91. The van der Waals surface area contributed by atoms with Gasteiger partial charge in [0.15, 0.2) is 0 Å². The Morgan fingerprint density at radius 2 is 1.81 bits per heavy atom. The summed E-state index contributed by atoms with van der Waals surface area (Å²) in [5, 5.41) is 3.02. The van der Waals surface area contributed by atoms with Crippen molar-refractivity contribution in [3.63, 3.8) is 0 Å². The fraction of sp³-hybridized carbons (Fsp3) is 0.524. The Hall–Kier alpha value is -2.18. The summed E-state index contributed by atoms with van der Waals surface area (Å²) in [6.45, 7) is 12.6. The van der Waals surface area contributed by atoms with Crippen molar-refractivity contribution in [3.8, 4) is 0 Å². The number of piperazine rings is 1. The van der Waals surface area contributed by atoms with Crippen molar-refractivity contribution in [3.05, 3.63) is 47.5 Å². The number of benzene rings is 1. The van der Waals surface area contributed by atoms with Crippen LogP contribution in [0.1, 0.15) is 23.9 Å². The molecular formula is C21H31N5O. The van der Waals surface area contributed by atoms with Gasteiger partial charge in [-0.1, -0.05) is 13.0 Å². The van der Waals surface area contributed by atoms with Crippen LogP contribution in [0.15, 0.2) is 30.6 Å². The summed E-state index contributed by atoms with van der Waals surface area (Å²) in [5.74, 6) is 1.22. The zero-order valence-corrected chi connectivity index (χ0v) is 16.7. The lowest BCUT2D eigenvalue weighted by atomic mass is 10.1. The molecular weight excluding hydrogens is 338 g/mol. The van der Waals surface area contributed by atoms with Gasteiger partial charge in [-0.25, -0.2) is 4.98 Å². The van der Waals surface area contributed by atoms with E-state index in [1.54, 1.807) is 0 Å². The number of carbonyl (C=O) groups is 1. The van der Waals surface area contributed by atoms with Gasteiger partial charge in [-0.2, -0.15) is 0 Å². The van der Waals surface area contributed by atoms with E-state index in [0.29, 0.717) is 6.54 Å². The molecule has 1 aliphatic heterocycles. The number of hydrogen-bond acceptors (Lipinski definition) is 4. The van der Waals surface area contributed by atoms with E-state index >= 15 is 0 Å². The van der Waals surface area contributed by atoms with Crippen molar-refractivity contribution in [2.24, 2.45) is 0 Å². The SMILES string of the molecule is CCc1nccn1CCN1CCN(CC(=O)Nc2ccc(C)c(C)c2)CC1. The molecule has 146 valence electrons. The number of anilines is 1. The Kier molecular flexibility index (Phi) is 6.63. The van der Waals surface area contributed by atoms with Gasteiger partial charge in [0.05, 0.1) is 6.54 Å². The summed E-state index contributed by atoms with van der Waals surface area (Å²) < 4.78 is 2.24. The maximum Gasteiger partial charge on any atom is 0.238 e. The first kappa shape index (κ1) is 19.6. The monoisotopic (exact) mass is 369 g/mol. The topological polar surface area (TPSA) is 53.4 Å². The van der Waals surface area contributed by atoms with Crippen molar-refractivity contribution in [2.75, 3.05) is 44.6 Å². The number of aryl methyl sites for hydroxylation is 3. The first-order chi connectivity index (χ1) is 13.0. The second-order valence-corrected chi connectivity index (χ2v) is 7.36. The molecule has 1 N–H and O–H groups in total. The van der Waals surface area contributed by atoms with E-state index in [0.717, 1.165) is 57.2 Å². The second-order valence-electron chi connectivity index (χ2n) is 7.36. The lowest BCUT2D eigenvalue weighted by molar-refractivity contribution is -0.117. The Labute approximate surface area is 162 Å². The lowest BCUT2D eigenvalue weighted by Crippen LogP contribution is -2.49. The highest BCUT2D eigenvalue weighted by molar-refractivity contribution is 5.92. The molecule has 1 aromatic heterocycles. The van der Waals surface area contributed by atoms with Crippen LogP contribution in [0.2, 0.25) is 0 Å². The van der Waals surface area contributed by atoms with Gasteiger partial charge in [-0.15, -0.1) is 0 Å². The summed E-state index contributed by atoms with van der Waals surface area (Å²) in [6, 6.07) is 6.05. The maximum absolute atomic E-state index is 12.3. The van der Waals surface area contributed by atoms with E-state index in [2.05, 4.69) is 51.6 Å². The highest BCUT2D eigenvalue weighted by Crippen LogP contribution is 2.14. The molecule has 0 radical (unpaired) electrons. The molecule has 27 heavy (non-hydrogen) atoms. The molecule has 3 rings (SSSR count). The molecule has 0 aliphatic carbocycles. The molecule has 0 saturated carbocycles. The van der Waals surface area contributed by atoms with Gasteiger partial charge in [-0.3, -0.25) is 14.6 Å². The van der Waals surface area contributed by atoms with Crippen LogP contribution in [-0.4, -0.2) is 64.5 Å². The van der Waals surface area contributed by atoms with Crippen LogP contribution in [0.25, 0.3) is 0 Å². The van der Waals surface area contributed by atoms with E-state index in [4.69, 9.17) is 0 Å². The number of rotatable bonds is 7. The number of carbonyl (C=O) groups excluding carboxylic acids is 1. The number of hydrogen-bond donors (Lipinski definition) is 1. The summed E-state index contributed by atoms with van der Waals surface area (Å²) >= 11 is 0. The fourth-order valence-corrected chi connectivity index (χ4v) is 3.50. The summed E-state index contributed by atoms with van der Waals surface area (Å²) in [7, 11) is 0. The van der Waals surface area contributed by atoms with E-state index in [1.165, 1.54) is 11.1 Å². The Morgan fingerprint density at radius 1 is 1.07 bits per heavy atom. The average molecular weight is 370 g/mol. The number of imidazole rings is 1. The largest absolute Gasteiger partial charge is 0.334 e. The maximum atomic E-state index is 12.3. The van der Waals surface area contributed by atoms with Crippen molar-refractivity contribution < 1.29 is 4.79 Å². The van der Waals surface area contributed by atoms with Crippen LogP contribution in [0, 0.1) is 13.8 Å². The molecule has 1 fully saturated rings. The molecule has 0 bridgehead atoms. The van der Waals surface area contributed by atoms with Gasteiger partial charge < -0.3 is 9.88 Å². The summed E-state index contributed by atoms with van der Waals surface area (Å²) in [4.78, 5) is 21.4. The minimum Gasteiger partial charge on any atom is -0.334 e. The molecule has 1 saturated heterocycles. The van der Waals surface area contributed by atoms with Crippen LogP contribution in [0.3, 0.4) is 0 Å². The van der Waals surface area contributed by atoms with E-state index in [1.807, 2.05) is 24.4 Å². The van der Waals surface area contributed by atoms with Gasteiger partial charge >= 0.3 is 0 Å². The quantitative estimate of drug-likeness (QED) is 0.814. The minimum absolute atomic E-state index is 0.0673. The van der Waals surface area contributed by atoms with Crippen molar-refractivity contribution in [1.82, 2.24) is 19.4 Å². The first-order valence-electron chi connectivity index (χ1n) is 9.87. The average Bonchev–Trinajstić information content (AvgIpc) is 3.12. The Bertz CT molecular complexity index is 762. The van der Waals surface area contributed by atoms with Gasteiger partial charge in [0.1, 0.15) is 5.82 Å². The molecule has 6 nitrogen and oxygen atoms in total. The predicted octanol–water partition coefficient (Wildman–Crippen LogP) is 2.32. The van der Waals surface area contributed by atoms with Crippen LogP contribution < -0.4 is 5.32 Å². The van der Waals surface area contributed by atoms with Crippen molar-refractivity contribution in [2.45, 2.75) is 33.7 Å². The third kappa shape index (κ3) is 5.40. The van der Waals surface area contributed by atoms with Gasteiger partial charge in [0.25, 0.3) is 0 Å². The van der Waals surface area contributed by atoms with Crippen molar-refractivity contribution in [1.29, 1.82) is 0 Å². The molecule has 1 aromatic carbocycles. The smallest absolute Gasteiger partial charge is 0.238 e. The molecule has 2 aromatic rings. The molecule has 0 spiro atoms. The molecule has 2 heterocycles. The zero-order chi connectivity index (χ0) is 19.2. The highest BCUT2D eigenvalue weighted by atomic mass is 16.2. The minimum atomic E-state index is 0.0673. The highest BCUT2D eigenvalue weighted by Gasteiger charge is 2.19. The van der Waals surface area contributed by atoms with Crippen LogP contribution in [-0.2, 0) is 17.8 Å². The molecule has 0 unspecified atom stereocenters. The number of nitrogens with one attached hydrogen (secondary N) is 1. The lowest BCUT2D eigenvalue weighted by Gasteiger charge is -2.34. The number of aromatic nitrogens is 2. The summed E-state index contributed by atoms with van der Waals surface area (Å²) in [5.41, 5.74) is 3.32. The number of amides is 1. The van der Waals surface area contributed by atoms with Gasteiger partial charge in [0, 0.05) is 63.8 Å². The van der Waals surface area contributed by atoms with Gasteiger partial charge in [-0.05, 0) is 37.1 Å². The van der Waals surface area contributed by atoms with Gasteiger partial charge in [0.2, 0.25) is 5.91 Å². The standard InChI is InChI=1S/C21H31N5O/c1-4-20-22-7-8-26(20)14-13-24-9-11-25(12-10-24)16-21(27)23-19-6-5-17(2)18(3)15-19/h5-8,15H,4,9-14,16H2,1-3H3,(H,23,27). The van der Waals surface area contributed by atoms with E-state index in [9.17, 15) is 4.79 Å². The van der Waals surface area contributed by atoms with Crippen LogP contribution in [0.4, 0.5) is 5.69 Å². The fourth-order valence-electron chi connectivity index (χ4n) is 3.50. The molecule has 1 amide bonds. The molecule has 0 atom stereocenters. The third-order valence-electron chi connectivity index (χ3n) is 5.40. The van der Waals surface area contributed by atoms with E-state index in [-0.39, 0.29) is 5.91 Å². The Balaban J connectivity index is 1.39. The van der Waals surface area contributed by atoms with Crippen LogP contribution >= 0.6 is 0 Å². The Morgan fingerprint density at radius 3 is 2.52 bits per heavy atom. The van der Waals surface area contributed by atoms with E-state index < -0.39 is 0 Å². The zero-order valence-electron chi connectivity index (χ0n) is 16.7. The second kappa shape index (κ2) is 9.15. The third-order valence-corrected chi connectivity index (χ3v) is 5.40. The molecule has 1 aliphatic rings.